The summed E-state index contributed by atoms with van der Waals surface area (Å²) < 4.78 is 5.43. The van der Waals surface area contributed by atoms with E-state index in [9.17, 15) is 0 Å². The van der Waals surface area contributed by atoms with E-state index in [1.54, 1.807) is 0 Å². The van der Waals surface area contributed by atoms with Crippen LogP contribution in [-0.2, 0) is 0 Å². The second-order valence-corrected chi connectivity index (χ2v) is 6.29. The molecule has 1 N–H and O–H groups in total. The molecular formula is C15H19N3OS. The van der Waals surface area contributed by atoms with Gasteiger partial charge in [0.2, 0.25) is 11.7 Å². The van der Waals surface area contributed by atoms with E-state index < -0.39 is 0 Å². The van der Waals surface area contributed by atoms with Crippen LogP contribution in [0.3, 0.4) is 0 Å². The highest BCUT2D eigenvalue weighted by molar-refractivity contribution is 7.99. The zero-order valence-electron chi connectivity index (χ0n) is 11.6. The lowest BCUT2D eigenvalue weighted by molar-refractivity contribution is 0.322. The van der Waals surface area contributed by atoms with Gasteiger partial charge in [-0.2, -0.15) is 4.98 Å². The fourth-order valence-corrected chi connectivity index (χ4v) is 3.11. The molecule has 106 valence electrons. The number of hydrogen-bond donors (Lipinski definition) is 1. The first-order valence-electron chi connectivity index (χ1n) is 7.14. The summed E-state index contributed by atoms with van der Waals surface area (Å²) in [5.41, 5.74) is 1.02. The molecule has 0 amide bonds. The van der Waals surface area contributed by atoms with Crippen LogP contribution < -0.4 is 5.32 Å². The number of hydrogen-bond acceptors (Lipinski definition) is 5. The molecule has 2 heterocycles. The van der Waals surface area contributed by atoms with Crippen molar-refractivity contribution in [2.24, 2.45) is 0 Å². The molecule has 1 fully saturated rings. The highest BCUT2D eigenvalue weighted by Gasteiger charge is 2.21. The van der Waals surface area contributed by atoms with E-state index >= 15 is 0 Å². The van der Waals surface area contributed by atoms with E-state index in [1.165, 1.54) is 11.3 Å². The normalized spacial score (nSPS) is 19.1. The maximum absolute atomic E-state index is 5.43. The Labute approximate surface area is 123 Å². The van der Waals surface area contributed by atoms with Gasteiger partial charge in [-0.05, 0) is 49.4 Å². The van der Waals surface area contributed by atoms with Crippen molar-refractivity contribution in [1.29, 1.82) is 0 Å². The summed E-state index contributed by atoms with van der Waals surface area (Å²) in [6.07, 6.45) is 2.30. The van der Waals surface area contributed by atoms with Gasteiger partial charge in [0.1, 0.15) is 0 Å². The topological polar surface area (TPSA) is 51.0 Å². The summed E-state index contributed by atoms with van der Waals surface area (Å²) in [5, 5.41) is 7.49. The minimum atomic E-state index is 0.361. The highest BCUT2D eigenvalue weighted by Crippen LogP contribution is 2.26. The van der Waals surface area contributed by atoms with E-state index in [1.807, 2.05) is 11.8 Å². The maximum Gasteiger partial charge on any atom is 0.231 e. The molecule has 1 aliphatic rings. The first kappa shape index (κ1) is 13.6. The summed E-state index contributed by atoms with van der Waals surface area (Å²) >= 11 is 1.83. The van der Waals surface area contributed by atoms with Crippen LogP contribution >= 0.6 is 11.8 Å². The molecule has 1 aromatic heterocycles. The van der Waals surface area contributed by atoms with Crippen molar-refractivity contribution in [3.63, 3.8) is 0 Å². The van der Waals surface area contributed by atoms with Crippen LogP contribution in [0.1, 0.15) is 31.6 Å². The minimum absolute atomic E-state index is 0.361. The lowest BCUT2D eigenvalue weighted by atomic mass is 10.00. The largest absolute Gasteiger partial charge is 0.339 e. The molecule has 4 nitrogen and oxygen atoms in total. The fourth-order valence-electron chi connectivity index (χ4n) is 2.45. The third-order valence-corrected chi connectivity index (χ3v) is 4.41. The second-order valence-electron chi connectivity index (χ2n) is 4.96. The minimum Gasteiger partial charge on any atom is -0.339 e. The number of thioether (sulfide) groups is 1. The van der Waals surface area contributed by atoms with Gasteiger partial charge in [0.25, 0.3) is 0 Å². The van der Waals surface area contributed by atoms with Crippen molar-refractivity contribution in [2.45, 2.75) is 30.6 Å². The number of aromatic nitrogens is 2. The van der Waals surface area contributed by atoms with Crippen molar-refractivity contribution in [3.05, 3.63) is 30.2 Å². The molecule has 3 rings (SSSR count). The van der Waals surface area contributed by atoms with Crippen LogP contribution in [0.15, 0.2) is 33.7 Å². The summed E-state index contributed by atoms with van der Waals surface area (Å²) in [7, 11) is 0. The third-order valence-electron chi connectivity index (χ3n) is 3.51. The molecule has 1 aromatic carbocycles. The van der Waals surface area contributed by atoms with E-state index in [4.69, 9.17) is 4.52 Å². The van der Waals surface area contributed by atoms with Gasteiger partial charge in [0, 0.05) is 17.0 Å². The Morgan fingerprint density at radius 3 is 2.90 bits per heavy atom. The summed E-state index contributed by atoms with van der Waals surface area (Å²) in [6, 6.07) is 8.35. The summed E-state index contributed by atoms with van der Waals surface area (Å²) in [5.74, 6) is 2.90. The van der Waals surface area contributed by atoms with E-state index in [0.717, 1.165) is 36.7 Å². The lowest BCUT2D eigenvalue weighted by Gasteiger charge is -2.18. The third kappa shape index (κ3) is 3.04. The molecule has 1 saturated heterocycles. The van der Waals surface area contributed by atoms with Crippen LogP contribution in [0.25, 0.3) is 11.4 Å². The molecule has 2 aromatic rings. The average molecular weight is 289 g/mol. The molecule has 0 aliphatic carbocycles. The SMILES string of the molecule is CCSc1ccc(-c2noc([C@@H]3CCCNC3)n2)cc1. The number of rotatable bonds is 4. The first-order chi connectivity index (χ1) is 9.86. The predicted molar refractivity (Wildman–Crippen MR) is 81.0 cm³/mol. The van der Waals surface area contributed by atoms with E-state index in [-0.39, 0.29) is 0 Å². The number of benzene rings is 1. The molecule has 1 aliphatic heterocycles. The lowest BCUT2D eigenvalue weighted by Crippen LogP contribution is -2.28. The van der Waals surface area contributed by atoms with Crippen LogP contribution in [0.2, 0.25) is 0 Å². The van der Waals surface area contributed by atoms with Gasteiger partial charge in [0.15, 0.2) is 0 Å². The zero-order chi connectivity index (χ0) is 13.8. The van der Waals surface area contributed by atoms with Crippen molar-refractivity contribution in [1.82, 2.24) is 15.5 Å². The van der Waals surface area contributed by atoms with Gasteiger partial charge in [-0.3, -0.25) is 0 Å². The Kier molecular flexibility index (Phi) is 4.38. The van der Waals surface area contributed by atoms with Gasteiger partial charge >= 0.3 is 0 Å². The fraction of sp³-hybridized carbons (Fsp3) is 0.467. The van der Waals surface area contributed by atoms with Gasteiger partial charge in [-0.15, -0.1) is 11.8 Å². The Hall–Kier alpha value is -1.33. The molecule has 1 atom stereocenters. The standard InChI is InChI=1S/C15H19N3OS/c1-2-20-13-7-5-11(6-8-13)14-17-15(19-18-14)12-4-3-9-16-10-12/h5-8,12,16H,2-4,9-10H2,1H3/t12-/m1/s1. The first-order valence-corrected chi connectivity index (χ1v) is 8.13. The maximum atomic E-state index is 5.43. The zero-order valence-corrected chi connectivity index (χ0v) is 12.4. The predicted octanol–water partition coefficient (Wildman–Crippen LogP) is 3.32. The smallest absolute Gasteiger partial charge is 0.231 e. The summed E-state index contributed by atoms with van der Waals surface area (Å²) in [4.78, 5) is 5.83. The Balaban J connectivity index is 1.75. The monoisotopic (exact) mass is 289 g/mol. The van der Waals surface area contributed by atoms with E-state index in [0.29, 0.717) is 11.7 Å². The van der Waals surface area contributed by atoms with Crippen LogP contribution in [0.4, 0.5) is 0 Å². The van der Waals surface area contributed by atoms with Crippen molar-refractivity contribution >= 4 is 11.8 Å². The van der Waals surface area contributed by atoms with Crippen molar-refractivity contribution < 1.29 is 4.52 Å². The van der Waals surface area contributed by atoms with Crippen LogP contribution in [0, 0.1) is 0 Å². The molecule has 0 spiro atoms. The molecule has 0 unspecified atom stereocenters. The second kappa shape index (κ2) is 6.41. The van der Waals surface area contributed by atoms with Gasteiger partial charge in [-0.1, -0.05) is 12.1 Å². The number of nitrogens with one attached hydrogen (secondary N) is 1. The van der Waals surface area contributed by atoms with Gasteiger partial charge in [-0.25, -0.2) is 0 Å². The van der Waals surface area contributed by atoms with Crippen molar-refractivity contribution in [3.8, 4) is 11.4 Å². The van der Waals surface area contributed by atoms with Crippen LogP contribution in [-0.4, -0.2) is 29.0 Å². The quantitative estimate of drug-likeness (QED) is 0.875. The molecular weight excluding hydrogens is 270 g/mol. The molecule has 0 bridgehead atoms. The number of nitrogens with zero attached hydrogens (tertiary/aromatic N) is 2. The Morgan fingerprint density at radius 1 is 1.35 bits per heavy atom. The van der Waals surface area contributed by atoms with Crippen molar-refractivity contribution in [2.75, 3.05) is 18.8 Å². The van der Waals surface area contributed by atoms with Crippen LogP contribution in [0.5, 0.6) is 0 Å². The summed E-state index contributed by atoms with van der Waals surface area (Å²) in [6.45, 7) is 4.18. The molecule has 0 saturated carbocycles. The highest BCUT2D eigenvalue weighted by atomic mass is 32.2. The Bertz CT molecular complexity index is 547. The number of piperidine rings is 1. The Morgan fingerprint density at radius 2 is 2.20 bits per heavy atom. The molecule has 5 heteroatoms. The molecule has 20 heavy (non-hydrogen) atoms. The van der Waals surface area contributed by atoms with Gasteiger partial charge in [0.05, 0.1) is 5.92 Å². The molecule has 0 radical (unpaired) electrons. The van der Waals surface area contributed by atoms with E-state index in [2.05, 4.69) is 46.6 Å². The van der Waals surface area contributed by atoms with Gasteiger partial charge < -0.3 is 9.84 Å². The average Bonchev–Trinajstić information content (AvgIpc) is 2.99.